The predicted molar refractivity (Wildman–Crippen MR) is 78.6 cm³/mol. The van der Waals surface area contributed by atoms with Crippen molar-refractivity contribution in [3.05, 3.63) is 67.9 Å². The van der Waals surface area contributed by atoms with E-state index >= 15 is 0 Å². The van der Waals surface area contributed by atoms with Crippen LogP contribution in [0, 0.1) is 5.82 Å². The lowest BCUT2D eigenvalue weighted by Crippen LogP contribution is -2.06. The van der Waals surface area contributed by atoms with E-state index < -0.39 is 5.82 Å². The van der Waals surface area contributed by atoms with Crippen LogP contribution in [0.15, 0.2) is 40.9 Å². The molecule has 5 heteroatoms. The van der Waals surface area contributed by atoms with Crippen LogP contribution in [0.5, 0.6) is 0 Å². The minimum absolute atomic E-state index is 0.0808. The van der Waals surface area contributed by atoms with Gasteiger partial charge in [0.25, 0.3) is 0 Å². The Bertz CT molecular complexity index is 643. The zero-order chi connectivity index (χ0) is 14.0. The van der Waals surface area contributed by atoms with E-state index in [9.17, 15) is 9.18 Å². The molecule has 0 amide bonds. The quantitative estimate of drug-likeness (QED) is 0.676. The van der Waals surface area contributed by atoms with Gasteiger partial charge in [0, 0.05) is 21.5 Å². The molecular formula is C14H8BrCl2FO. The van der Waals surface area contributed by atoms with Crippen LogP contribution < -0.4 is 0 Å². The first-order valence-corrected chi connectivity index (χ1v) is 6.95. The van der Waals surface area contributed by atoms with Crippen LogP contribution in [0.3, 0.4) is 0 Å². The third kappa shape index (κ3) is 3.35. The van der Waals surface area contributed by atoms with Crippen LogP contribution in [0.25, 0.3) is 0 Å². The number of hydrogen-bond acceptors (Lipinski definition) is 1. The Morgan fingerprint density at radius 2 is 1.95 bits per heavy atom. The Hall–Kier alpha value is -0.900. The van der Waals surface area contributed by atoms with Crippen LogP contribution in [0.4, 0.5) is 4.39 Å². The van der Waals surface area contributed by atoms with Crippen molar-refractivity contribution >= 4 is 44.9 Å². The highest BCUT2D eigenvalue weighted by Crippen LogP contribution is 2.27. The van der Waals surface area contributed by atoms with Crippen molar-refractivity contribution < 1.29 is 9.18 Å². The van der Waals surface area contributed by atoms with Crippen LogP contribution in [-0.2, 0) is 6.42 Å². The fraction of sp³-hybridized carbons (Fsp3) is 0.0714. The number of benzene rings is 2. The van der Waals surface area contributed by atoms with Gasteiger partial charge in [-0.3, -0.25) is 4.79 Å². The molecule has 0 bridgehead atoms. The second-order valence-electron chi connectivity index (χ2n) is 3.94. The van der Waals surface area contributed by atoms with Crippen molar-refractivity contribution in [1.82, 2.24) is 0 Å². The highest BCUT2D eigenvalue weighted by atomic mass is 79.9. The lowest BCUT2D eigenvalue weighted by molar-refractivity contribution is 0.0992. The molecule has 98 valence electrons. The van der Waals surface area contributed by atoms with E-state index in [2.05, 4.69) is 15.9 Å². The van der Waals surface area contributed by atoms with E-state index in [4.69, 9.17) is 23.2 Å². The second kappa shape index (κ2) is 6.04. The van der Waals surface area contributed by atoms with E-state index in [-0.39, 0.29) is 17.8 Å². The van der Waals surface area contributed by atoms with Crippen LogP contribution in [0.2, 0.25) is 10.0 Å². The molecule has 0 aliphatic heterocycles. The molecule has 19 heavy (non-hydrogen) atoms. The Morgan fingerprint density at radius 3 is 2.68 bits per heavy atom. The zero-order valence-electron chi connectivity index (χ0n) is 9.59. The molecule has 2 rings (SSSR count). The average Bonchev–Trinajstić information content (AvgIpc) is 2.37. The summed E-state index contributed by atoms with van der Waals surface area (Å²) in [5, 5.41) is 0.722. The van der Waals surface area contributed by atoms with Crippen molar-refractivity contribution in [3.63, 3.8) is 0 Å². The molecule has 2 aromatic carbocycles. The maximum atomic E-state index is 13.6. The summed E-state index contributed by atoms with van der Waals surface area (Å²) in [6.07, 6.45) is -0.0808. The zero-order valence-corrected chi connectivity index (χ0v) is 12.7. The van der Waals surface area contributed by atoms with Crippen LogP contribution in [0.1, 0.15) is 15.9 Å². The van der Waals surface area contributed by atoms with Gasteiger partial charge in [0.15, 0.2) is 5.78 Å². The molecule has 0 aromatic heterocycles. The molecule has 0 N–H and O–H groups in total. The highest BCUT2D eigenvalue weighted by Gasteiger charge is 2.15. The molecular weight excluding hydrogens is 354 g/mol. The molecule has 0 radical (unpaired) electrons. The maximum Gasteiger partial charge on any atom is 0.168 e. The smallest absolute Gasteiger partial charge is 0.168 e. The van der Waals surface area contributed by atoms with E-state index in [1.54, 1.807) is 18.2 Å². The van der Waals surface area contributed by atoms with E-state index in [1.807, 2.05) is 0 Å². The first-order valence-electron chi connectivity index (χ1n) is 5.40. The van der Waals surface area contributed by atoms with Gasteiger partial charge in [0.05, 0.1) is 5.02 Å². The number of carbonyl (C=O) groups is 1. The third-order valence-electron chi connectivity index (χ3n) is 2.61. The second-order valence-corrected chi connectivity index (χ2v) is 5.61. The van der Waals surface area contributed by atoms with Gasteiger partial charge in [-0.25, -0.2) is 4.39 Å². The van der Waals surface area contributed by atoms with Gasteiger partial charge in [0.2, 0.25) is 0 Å². The fourth-order valence-corrected chi connectivity index (χ4v) is 2.46. The fourth-order valence-electron chi connectivity index (χ4n) is 1.67. The lowest BCUT2D eigenvalue weighted by Gasteiger charge is -2.06. The monoisotopic (exact) mass is 360 g/mol. The standard InChI is InChI=1S/C14H8BrCl2FO/c15-11-3-1-2-10(14(11)17)13(19)7-8-6-9(16)4-5-12(8)18/h1-6H,7H2. The summed E-state index contributed by atoms with van der Waals surface area (Å²) < 4.78 is 14.2. The summed E-state index contributed by atoms with van der Waals surface area (Å²) in [6, 6.07) is 9.18. The van der Waals surface area contributed by atoms with Crippen molar-refractivity contribution in [1.29, 1.82) is 0 Å². The lowest BCUT2D eigenvalue weighted by atomic mass is 10.0. The highest BCUT2D eigenvalue weighted by molar-refractivity contribution is 9.10. The number of halogens is 4. The summed E-state index contributed by atoms with van der Waals surface area (Å²) in [5.74, 6) is -0.712. The Balaban J connectivity index is 2.31. The summed E-state index contributed by atoms with van der Waals surface area (Å²) in [4.78, 5) is 12.1. The van der Waals surface area contributed by atoms with Crippen molar-refractivity contribution in [2.75, 3.05) is 0 Å². The SMILES string of the molecule is O=C(Cc1cc(Cl)ccc1F)c1cccc(Br)c1Cl. The van der Waals surface area contributed by atoms with Gasteiger partial charge < -0.3 is 0 Å². The maximum absolute atomic E-state index is 13.6. The van der Waals surface area contributed by atoms with E-state index in [0.717, 1.165) is 0 Å². The number of carbonyl (C=O) groups excluding carboxylic acids is 1. The Kier molecular flexibility index (Phi) is 4.61. The molecule has 0 fully saturated rings. The third-order valence-corrected chi connectivity index (χ3v) is 4.14. The van der Waals surface area contributed by atoms with Gasteiger partial charge in [-0.2, -0.15) is 0 Å². The normalized spacial score (nSPS) is 10.5. The van der Waals surface area contributed by atoms with Gasteiger partial charge in [-0.1, -0.05) is 29.3 Å². The average molecular weight is 362 g/mol. The predicted octanol–water partition coefficient (Wildman–Crippen LogP) is 5.32. The molecule has 0 atom stereocenters. The summed E-state index contributed by atoms with van der Waals surface area (Å²) >= 11 is 15.1. The summed E-state index contributed by atoms with van der Waals surface area (Å²) in [7, 11) is 0. The van der Waals surface area contributed by atoms with Gasteiger partial charge in [-0.05, 0) is 51.8 Å². The number of hydrogen-bond donors (Lipinski definition) is 0. The Morgan fingerprint density at radius 1 is 1.21 bits per heavy atom. The minimum Gasteiger partial charge on any atom is -0.294 e. The topological polar surface area (TPSA) is 17.1 Å². The van der Waals surface area contributed by atoms with Crippen LogP contribution >= 0.6 is 39.1 Å². The van der Waals surface area contributed by atoms with Crippen LogP contribution in [-0.4, -0.2) is 5.78 Å². The van der Waals surface area contributed by atoms with E-state index in [0.29, 0.717) is 20.1 Å². The molecule has 1 nitrogen and oxygen atoms in total. The molecule has 0 saturated heterocycles. The Labute approximate surface area is 128 Å². The number of ketones is 1. The number of Topliss-reactive ketones (excluding diaryl/α,β-unsaturated/α-hetero) is 1. The molecule has 0 spiro atoms. The minimum atomic E-state index is -0.455. The first-order chi connectivity index (χ1) is 8.99. The molecule has 0 aliphatic rings. The molecule has 0 unspecified atom stereocenters. The summed E-state index contributed by atoms with van der Waals surface area (Å²) in [6.45, 7) is 0. The van der Waals surface area contributed by atoms with Crippen molar-refractivity contribution in [2.45, 2.75) is 6.42 Å². The molecule has 2 aromatic rings. The summed E-state index contributed by atoms with van der Waals surface area (Å²) in [5.41, 5.74) is 0.615. The first kappa shape index (κ1) is 14.5. The van der Waals surface area contributed by atoms with Crippen molar-refractivity contribution in [2.24, 2.45) is 0 Å². The molecule has 0 aliphatic carbocycles. The van der Waals surface area contributed by atoms with Gasteiger partial charge >= 0.3 is 0 Å². The molecule has 0 saturated carbocycles. The van der Waals surface area contributed by atoms with Gasteiger partial charge in [0.1, 0.15) is 5.82 Å². The van der Waals surface area contributed by atoms with Crippen molar-refractivity contribution in [3.8, 4) is 0 Å². The largest absolute Gasteiger partial charge is 0.294 e. The number of rotatable bonds is 3. The van der Waals surface area contributed by atoms with E-state index in [1.165, 1.54) is 18.2 Å². The molecule has 0 heterocycles. The van der Waals surface area contributed by atoms with Gasteiger partial charge in [-0.15, -0.1) is 0 Å².